The van der Waals surface area contributed by atoms with Gasteiger partial charge in [0, 0.05) is 28.9 Å². The van der Waals surface area contributed by atoms with Gasteiger partial charge in [-0.05, 0) is 68.5 Å². The van der Waals surface area contributed by atoms with Gasteiger partial charge in [0.15, 0.2) is 0 Å². The molecule has 2 N–H and O–H groups in total. The topological polar surface area (TPSA) is 79.8 Å². The van der Waals surface area contributed by atoms with Gasteiger partial charge in [0.1, 0.15) is 5.82 Å². The van der Waals surface area contributed by atoms with Crippen molar-refractivity contribution in [1.29, 1.82) is 0 Å². The highest BCUT2D eigenvalue weighted by Crippen LogP contribution is 2.34. The number of halogens is 1. The van der Waals surface area contributed by atoms with Crippen molar-refractivity contribution >= 4 is 29.5 Å². The number of carbonyl (C=O) groups excluding carboxylic acids is 1. The largest absolute Gasteiger partial charge is 0.325 e. The summed E-state index contributed by atoms with van der Waals surface area (Å²) in [5, 5.41) is 3.56. The lowest BCUT2D eigenvalue weighted by atomic mass is 9.88. The van der Waals surface area contributed by atoms with Crippen molar-refractivity contribution < 1.29 is 9.18 Å². The van der Waals surface area contributed by atoms with E-state index in [0.29, 0.717) is 28.1 Å². The number of hydrogen-bond acceptors (Lipinski definition) is 6. The fourth-order valence-electron chi connectivity index (χ4n) is 2.80. The van der Waals surface area contributed by atoms with Gasteiger partial charge in [0.25, 0.3) is 0 Å². The van der Waals surface area contributed by atoms with E-state index in [0.717, 1.165) is 5.56 Å². The van der Waals surface area contributed by atoms with E-state index < -0.39 is 5.41 Å². The van der Waals surface area contributed by atoms with Crippen molar-refractivity contribution in [1.82, 2.24) is 15.0 Å². The summed E-state index contributed by atoms with van der Waals surface area (Å²) in [6, 6.07) is 10.4. The van der Waals surface area contributed by atoms with Crippen LogP contribution in [0.25, 0.3) is 11.1 Å². The molecule has 0 aliphatic heterocycles. The second-order valence-corrected chi connectivity index (χ2v) is 8.84. The number of hydrogen-bond donors (Lipinski definition) is 2. The van der Waals surface area contributed by atoms with E-state index in [-0.39, 0.29) is 11.7 Å². The quantitative estimate of drug-likeness (QED) is 0.531. The van der Waals surface area contributed by atoms with Gasteiger partial charge in [-0.3, -0.25) is 14.5 Å². The summed E-state index contributed by atoms with van der Waals surface area (Å²) in [6.45, 7) is 3.66. The van der Waals surface area contributed by atoms with Crippen LogP contribution in [0.15, 0.2) is 55.0 Å². The second-order valence-electron chi connectivity index (χ2n) is 7.73. The lowest BCUT2D eigenvalue weighted by Gasteiger charge is -2.23. The molecule has 6 nitrogen and oxygen atoms in total. The van der Waals surface area contributed by atoms with Crippen LogP contribution >= 0.6 is 11.9 Å². The molecule has 0 bridgehead atoms. The fourth-order valence-corrected chi connectivity index (χ4v) is 3.54. The Kier molecular flexibility index (Phi) is 5.67. The maximum Gasteiger partial charge on any atom is 0.236 e. The highest BCUT2D eigenvalue weighted by molar-refractivity contribution is 8.01. The minimum atomic E-state index is -0.852. The first kappa shape index (κ1) is 20.3. The van der Waals surface area contributed by atoms with Crippen LogP contribution in [0, 0.1) is 5.82 Å². The summed E-state index contributed by atoms with van der Waals surface area (Å²) in [5.74, 6) is -0.0543. The number of aromatic nitrogens is 3. The van der Waals surface area contributed by atoms with Gasteiger partial charge in [0.05, 0.1) is 17.3 Å². The van der Waals surface area contributed by atoms with Gasteiger partial charge in [-0.15, -0.1) is 0 Å². The maximum absolute atomic E-state index is 13.4. The Balaban J connectivity index is 1.45. The zero-order valence-corrected chi connectivity index (χ0v) is 17.5. The zero-order chi connectivity index (χ0) is 21.1. The molecule has 2 aromatic heterocycles. The van der Waals surface area contributed by atoms with E-state index in [1.807, 2.05) is 26.0 Å². The van der Waals surface area contributed by atoms with E-state index in [1.54, 1.807) is 42.5 Å². The normalized spacial score (nSPS) is 13.7. The highest BCUT2D eigenvalue weighted by atomic mass is 32.2. The number of rotatable bonds is 7. The van der Waals surface area contributed by atoms with Gasteiger partial charge < -0.3 is 5.32 Å². The average molecular weight is 424 g/mol. The van der Waals surface area contributed by atoms with Crippen LogP contribution in [0.2, 0.25) is 0 Å². The van der Waals surface area contributed by atoms with Crippen LogP contribution in [0.3, 0.4) is 0 Å². The molecular formula is C22H22FN5OS. The molecule has 1 saturated carbocycles. The van der Waals surface area contributed by atoms with E-state index in [2.05, 4.69) is 25.0 Å². The van der Waals surface area contributed by atoms with E-state index in [9.17, 15) is 9.18 Å². The first-order valence-corrected chi connectivity index (χ1v) is 10.6. The predicted molar refractivity (Wildman–Crippen MR) is 118 cm³/mol. The molecule has 3 aromatic rings. The molecule has 30 heavy (non-hydrogen) atoms. The lowest BCUT2D eigenvalue weighted by molar-refractivity contribution is -0.120. The number of anilines is 2. The SMILES string of the molecule is CC(C)(C(=O)Nc1ccc(-c2cncc(F)c2)cc1)c1ccnc(NSC2CC2)n1. The molecule has 0 radical (unpaired) electrons. The molecule has 4 rings (SSSR count). The van der Waals surface area contributed by atoms with Crippen LogP contribution in [-0.4, -0.2) is 26.1 Å². The molecule has 1 amide bonds. The molecule has 8 heteroatoms. The third kappa shape index (κ3) is 4.76. The summed E-state index contributed by atoms with van der Waals surface area (Å²) in [4.78, 5) is 25.6. The Bertz CT molecular complexity index is 1050. The van der Waals surface area contributed by atoms with Gasteiger partial charge in [0.2, 0.25) is 11.9 Å². The van der Waals surface area contributed by atoms with Crippen LogP contribution in [-0.2, 0) is 10.2 Å². The van der Waals surface area contributed by atoms with Crippen LogP contribution < -0.4 is 10.0 Å². The van der Waals surface area contributed by atoms with E-state index in [4.69, 9.17) is 0 Å². The summed E-state index contributed by atoms with van der Waals surface area (Å²) >= 11 is 1.62. The average Bonchev–Trinajstić information content (AvgIpc) is 3.57. The highest BCUT2D eigenvalue weighted by Gasteiger charge is 2.32. The lowest BCUT2D eigenvalue weighted by Crippen LogP contribution is -2.35. The summed E-state index contributed by atoms with van der Waals surface area (Å²) < 4.78 is 16.5. The van der Waals surface area contributed by atoms with Gasteiger partial charge >= 0.3 is 0 Å². The second kappa shape index (κ2) is 8.39. The molecule has 1 aromatic carbocycles. The molecule has 1 aliphatic carbocycles. The van der Waals surface area contributed by atoms with Crippen molar-refractivity contribution in [2.24, 2.45) is 0 Å². The fraction of sp³-hybridized carbons (Fsp3) is 0.273. The van der Waals surface area contributed by atoms with Crippen LogP contribution in [0.5, 0.6) is 0 Å². The first-order chi connectivity index (χ1) is 14.4. The van der Waals surface area contributed by atoms with Crippen molar-refractivity contribution in [2.75, 3.05) is 10.0 Å². The number of pyridine rings is 1. The zero-order valence-electron chi connectivity index (χ0n) is 16.7. The molecular weight excluding hydrogens is 401 g/mol. The third-order valence-corrected chi connectivity index (χ3v) is 5.99. The van der Waals surface area contributed by atoms with E-state index >= 15 is 0 Å². The smallest absolute Gasteiger partial charge is 0.236 e. The van der Waals surface area contributed by atoms with Crippen molar-refractivity contribution in [3.05, 3.63) is 66.5 Å². The van der Waals surface area contributed by atoms with E-state index in [1.165, 1.54) is 25.1 Å². The minimum absolute atomic E-state index is 0.179. The Morgan fingerprint density at radius 1 is 1.13 bits per heavy atom. The Morgan fingerprint density at radius 2 is 1.90 bits per heavy atom. The molecule has 0 unspecified atom stereocenters. The van der Waals surface area contributed by atoms with Crippen molar-refractivity contribution in [3.63, 3.8) is 0 Å². The molecule has 0 saturated heterocycles. The Labute approximate surface area is 178 Å². The Hall–Kier alpha value is -3.00. The predicted octanol–water partition coefficient (Wildman–Crippen LogP) is 4.82. The molecule has 154 valence electrons. The molecule has 0 atom stereocenters. The summed E-state index contributed by atoms with van der Waals surface area (Å²) in [7, 11) is 0. The third-order valence-electron chi connectivity index (χ3n) is 4.89. The number of nitrogens with one attached hydrogen (secondary N) is 2. The van der Waals surface area contributed by atoms with Gasteiger partial charge in [-0.2, -0.15) is 0 Å². The first-order valence-electron chi connectivity index (χ1n) is 9.69. The van der Waals surface area contributed by atoms with Crippen molar-refractivity contribution in [3.8, 4) is 11.1 Å². The van der Waals surface area contributed by atoms with Gasteiger partial charge in [-0.1, -0.05) is 12.1 Å². The number of carbonyl (C=O) groups is 1. The minimum Gasteiger partial charge on any atom is -0.325 e. The Morgan fingerprint density at radius 3 is 2.60 bits per heavy atom. The molecule has 1 fully saturated rings. The molecule has 0 spiro atoms. The maximum atomic E-state index is 13.4. The summed E-state index contributed by atoms with van der Waals surface area (Å²) in [5.41, 5.74) is 1.93. The monoisotopic (exact) mass is 423 g/mol. The molecule has 2 heterocycles. The molecule has 1 aliphatic rings. The standard InChI is InChI=1S/C22H22FN5OS/c1-22(2,19-9-10-25-21(27-19)28-30-18-7-8-18)20(29)26-17-5-3-14(4-6-17)15-11-16(23)13-24-12-15/h3-6,9-13,18H,7-8H2,1-2H3,(H,26,29)(H,25,27,28). The van der Waals surface area contributed by atoms with Gasteiger partial charge in [-0.25, -0.2) is 14.4 Å². The number of nitrogens with zero attached hydrogens (tertiary/aromatic N) is 3. The number of amides is 1. The van der Waals surface area contributed by atoms with Crippen molar-refractivity contribution in [2.45, 2.75) is 37.4 Å². The number of benzene rings is 1. The van der Waals surface area contributed by atoms with Crippen LogP contribution in [0.4, 0.5) is 16.0 Å². The van der Waals surface area contributed by atoms with Crippen LogP contribution in [0.1, 0.15) is 32.4 Å². The summed E-state index contributed by atoms with van der Waals surface area (Å²) in [6.07, 6.45) is 6.84.